The normalized spacial score (nSPS) is 14.6. The third-order valence-corrected chi connectivity index (χ3v) is 4.24. The summed E-state index contributed by atoms with van der Waals surface area (Å²) in [7, 11) is 2.07. The van der Waals surface area contributed by atoms with Crippen LogP contribution in [-0.4, -0.2) is 31.1 Å². The fourth-order valence-corrected chi connectivity index (χ4v) is 2.68. The van der Waals surface area contributed by atoms with Crippen molar-refractivity contribution in [2.24, 2.45) is 0 Å². The Bertz CT molecular complexity index is 362. The molecule has 0 bridgehead atoms. The van der Waals surface area contributed by atoms with Crippen molar-refractivity contribution in [3.63, 3.8) is 0 Å². The minimum absolute atomic E-state index is 0.458. The molecule has 1 aromatic carbocycles. The van der Waals surface area contributed by atoms with Gasteiger partial charge in [-0.2, -0.15) is 0 Å². The van der Waals surface area contributed by atoms with Crippen LogP contribution in [0.25, 0.3) is 0 Å². The predicted octanol–water partition coefficient (Wildman–Crippen LogP) is 3.77. The molecule has 2 heteroatoms. The van der Waals surface area contributed by atoms with Gasteiger partial charge in [0, 0.05) is 18.6 Å². The third-order valence-electron chi connectivity index (χ3n) is 4.24. The second-order valence-electron chi connectivity index (χ2n) is 5.37. The van der Waals surface area contributed by atoms with E-state index in [2.05, 4.69) is 69.2 Å². The van der Waals surface area contributed by atoms with E-state index in [0.717, 1.165) is 13.1 Å². The number of aryl methyl sites for hydroxylation is 1. The van der Waals surface area contributed by atoms with Gasteiger partial charge < -0.3 is 10.2 Å². The van der Waals surface area contributed by atoms with E-state index in [1.165, 1.54) is 24.0 Å². The quantitative estimate of drug-likeness (QED) is 0.767. The van der Waals surface area contributed by atoms with Crippen molar-refractivity contribution in [3.8, 4) is 0 Å². The molecule has 1 rings (SSSR count). The standard InChI is InChI=1S/C17H30N2/c1-6-15(4)19(7-2)13-12-17(18-5)16-11-9-8-10-14(16)3/h8-11,15,17-18H,6-7,12-13H2,1-5H3. The minimum Gasteiger partial charge on any atom is -0.313 e. The number of rotatable bonds is 8. The fourth-order valence-electron chi connectivity index (χ4n) is 2.68. The van der Waals surface area contributed by atoms with E-state index in [4.69, 9.17) is 0 Å². The van der Waals surface area contributed by atoms with Gasteiger partial charge in [-0.05, 0) is 51.4 Å². The molecule has 0 radical (unpaired) electrons. The molecular weight excluding hydrogens is 232 g/mol. The van der Waals surface area contributed by atoms with Crippen LogP contribution in [0.5, 0.6) is 0 Å². The van der Waals surface area contributed by atoms with E-state index >= 15 is 0 Å². The highest BCUT2D eigenvalue weighted by Gasteiger charge is 2.15. The molecule has 1 aromatic rings. The summed E-state index contributed by atoms with van der Waals surface area (Å²) in [6, 6.07) is 9.84. The smallest absolute Gasteiger partial charge is 0.0332 e. The highest BCUT2D eigenvalue weighted by molar-refractivity contribution is 5.28. The van der Waals surface area contributed by atoms with E-state index in [1.54, 1.807) is 0 Å². The SMILES string of the molecule is CCC(C)N(CC)CCC(NC)c1ccccc1C. The lowest BCUT2D eigenvalue weighted by molar-refractivity contribution is 0.204. The van der Waals surface area contributed by atoms with Crippen molar-refractivity contribution in [2.75, 3.05) is 20.1 Å². The highest BCUT2D eigenvalue weighted by Crippen LogP contribution is 2.21. The molecule has 2 nitrogen and oxygen atoms in total. The Morgan fingerprint density at radius 1 is 1.21 bits per heavy atom. The maximum absolute atomic E-state index is 3.47. The van der Waals surface area contributed by atoms with Crippen LogP contribution in [0.4, 0.5) is 0 Å². The van der Waals surface area contributed by atoms with Gasteiger partial charge in [0.2, 0.25) is 0 Å². The van der Waals surface area contributed by atoms with E-state index in [1.807, 2.05) is 0 Å². The van der Waals surface area contributed by atoms with Gasteiger partial charge in [0.1, 0.15) is 0 Å². The van der Waals surface area contributed by atoms with Crippen molar-refractivity contribution in [3.05, 3.63) is 35.4 Å². The Kier molecular flexibility index (Phi) is 7.11. The van der Waals surface area contributed by atoms with E-state index in [9.17, 15) is 0 Å². The number of hydrogen-bond acceptors (Lipinski definition) is 2. The summed E-state index contributed by atoms with van der Waals surface area (Å²) in [6.07, 6.45) is 2.39. The molecule has 0 aromatic heterocycles. The first-order valence-corrected chi connectivity index (χ1v) is 7.60. The lowest BCUT2D eigenvalue weighted by Crippen LogP contribution is -2.35. The average molecular weight is 262 g/mol. The summed E-state index contributed by atoms with van der Waals surface area (Å²) in [5.74, 6) is 0. The zero-order chi connectivity index (χ0) is 14.3. The zero-order valence-corrected chi connectivity index (χ0v) is 13.2. The molecular formula is C17H30N2. The Morgan fingerprint density at radius 2 is 1.89 bits per heavy atom. The summed E-state index contributed by atoms with van der Waals surface area (Å²) in [4.78, 5) is 2.57. The summed E-state index contributed by atoms with van der Waals surface area (Å²) in [6.45, 7) is 11.3. The number of benzene rings is 1. The van der Waals surface area contributed by atoms with Gasteiger partial charge in [0.05, 0.1) is 0 Å². The first-order valence-electron chi connectivity index (χ1n) is 7.60. The molecule has 0 aliphatic heterocycles. The number of nitrogens with zero attached hydrogens (tertiary/aromatic N) is 1. The molecule has 1 N–H and O–H groups in total. The van der Waals surface area contributed by atoms with Crippen LogP contribution in [0, 0.1) is 6.92 Å². The van der Waals surface area contributed by atoms with Gasteiger partial charge in [0.25, 0.3) is 0 Å². The van der Waals surface area contributed by atoms with Crippen molar-refractivity contribution in [1.29, 1.82) is 0 Å². The molecule has 108 valence electrons. The van der Waals surface area contributed by atoms with Crippen LogP contribution in [-0.2, 0) is 0 Å². The number of hydrogen-bond donors (Lipinski definition) is 1. The summed E-state index contributed by atoms with van der Waals surface area (Å²) in [5, 5.41) is 3.47. The minimum atomic E-state index is 0.458. The Labute approximate surface area is 119 Å². The van der Waals surface area contributed by atoms with Gasteiger partial charge >= 0.3 is 0 Å². The van der Waals surface area contributed by atoms with Crippen LogP contribution in [0.2, 0.25) is 0 Å². The van der Waals surface area contributed by atoms with Gasteiger partial charge in [-0.1, -0.05) is 38.1 Å². The van der Waals surface area contributed by atoms with E-state index in [-0.39, 0.29) is 0 Å². The summed E-state index contributed by atoms with van der Waals surface area (Å²) >= 11 is 0. The van der Waals surface area contributed by atoms with Crippen LogP contribution in [0.1, 0.15) is 50.8 Å². The van der Waals surface area contributed by atoms with Crippen LogP contribution >= 0.6 is 0 Å². The van der Waals surface area contributed by atoms with Gasteiger partial charge in [-0.15, -0.1) is 0 Å². The molecule has 19 heavy (non-hydrogen) atoms. The van der Waals surface area contributed by atoms with Crippen LogP contribution in [0.15, 0.2) is 24.3 Å². The third kappa shape index (κ3) is 4.63. The molecule has 2 unspecified atom stereocenters. The number of nitrogens with one attached hydrogen (secondary N) is 1. The average Bonchev–Trinajstić information content (AvgIpc) is 2.44. The second kappa shape index (κ2) is 8.34. The molecule has 0 saturated heterocycles. The first-order chi connectivity index (χ1) is 9.13. The molecule has 0 fully saturated rings. The molecule has 0 aliphatic carbocycles. The highest BCUT2D eigenvalue weighted by atomic mass is 15.1. The first kappa shape index (κ1) is 16.2. The Hall–Kier alpha value is -0.860. The zero-order valence-electron chi connectivity index (χ0n) is 13.2. The monoisotopic (exact) mass is 262 g/mol. The second-order valence-corrected chi connectivity index (χ2v) is 5.37. The van der Waals surface area contributed by atoms with Crippen molar-refractivity contribution in [2.45, 2.75) is 52.6 Å². The summed E-state index contributed by atoms with van der Waals surface area (Å²) in [5.41, 5.74) is 2.82. The topological polar surface area (TPSA) is 15.3 Å². The van der Waals surface area contributed by atoms with Gasteiger partial charge in [-0.3, -0.25) is 0 Å². The van der Waals surface area contributed by atoms with Crippen molar-refractivity contribution in [1.82, 2.24) is 10.2 Å². The molecule has 0 amide bonds. The Balaban J connectivity index is 2.65. The molecule has 2 atom stereocenters. The largest absolute Gasteiger partial charge is 0.313 e. The fraction of sp³-hybridized carbons (Fsp3) is 0.647. The van der Waals surface area contributed by atoms with Crippen molar-refractivity contribution >= 4 is 0 Å². The van der Waals surface area contributed by atoms with Gasteiger partial charge in [-0.25, -0.2) is 0 Å². The molecule has 0 aliphatic rings. The van der Waals surface area contributed by atoms with Crippen LogP contribution < -0.4 is 5.32 Å². The molecule has 0 spiro atoms. The predicted molar refractivity (Wildman–Crippen MR) is 84.6 cm³/mol. The van der Waals surface area contributed by atoms with E-state index < -0.39 is 0 Å². The van der Waals surface area contributed by atoms with Crippen LogP contribution in [0.3, 0.4) is 0 Å². The summed E-state index contributed by atoms with van der Waals surface area (Å²) < 4.78 is 0. The lowest BCUT2D eigenvalue weighted by Gasteiger charge is -2.29. The van der Waals surface area contributed by atoms with Gasteiger partial charge in [0.15, 0.2) is 0 Å². The lowest BCUT2D eigenvalue weighted by atomic mass is 9.98. The van der Waals surface area contributed by atoms with Crippen molar-refractivity contribution < 1.29 is 0 Å². The Morgan fingerprint density at radius 3 is 2.42 bits per heavy atom. The maximum Gasteiger partial charge on any atom is 0.0332 e. The van der Waals surface area contributed by atoms with E-state index in [0.29, 0.717) is 12.1 Å². The molecule has 0 heterocycles. The maximum atomic E-state index is 3.47. The molecule has 0 saturated carbocycles.